The molecule has 1 nitrogen and oxygen atoms in total. The Hall–Kier alpha value is -0.500. The molecule has 0 fully saturated rings. The van der Waals surface area contributed by atoms with E-state index < -0.39 is 0 Å². The van der Waals surface area contributed by atoms with E-state index in [1.165, 1.54) is 5.57 Å². The molecule has 0 amide bonds. The molecule has 2 heteroatoms. The third kappa shape index (κ3) is 0.833. The van der Waals surface area contributed by atoms with Crippen molar-refractivity contribution >= 4 is 18.8 Å². The maximum absolute atomic E-state index is 4.41. The molecule has 0 saturated heterocycles. The number of allylic oxidation sites excluding steroid dienone is 2. The van der Waals surface area contributed by atoms with Crippen LogP contribution in [0.25, 0.3) is 0 Å². The minimum atomic E-state index is 0.341. The van der Waals surface area contributed by atoms with Crippen molar-refractivity contribution in [3.8, 4) is 0 Å². The molecule has 0 saturated carbocycles. The summed E-state index contributed by atoms with van der Waals surface area (Å²) in [4.78, 5) is 4.32. The van der Waals surface area contributed by atoms with E-state index in [-0.39, 0.29) is 0 Å². The van der Waals surface area contributed by atoms with Crippen molar-refractivity contribution in [2.75, 3.05) is 0 Å². The van der Waals surface area contributed by atoms with Gasteiger partial charge < -0.3 is 0 Å². The van der Waals surface area contributed by atoms with Crippen LogP contribution in [-0.2, 0) is 0 Å². The fourth-order valence-corrected chi connectivity index (χ4v) is 1.73. The van der Waals surface area contributed by atoms with Crippen molar-refractivity contribution in [1.82, 2.24) is 0 Å². The van der Waals surface area contributed by atoms with Crippen LogP contribution < -0.4 is 0 Å². The van der Waals surface area contributed by atoms with E-state index in [0.29, 0.717) is 11.3 Å². The van der Waals surface area contributed by atoms with Gasteiger partial charge >= 0.3 is 0 Å². The maximum atomic E-state index is 4.41. The normalized spacial score (nSPS) is 35.9. The van der Waals surface area contributed by atoms with Crippen molar-refractivity contribution in [2.24, 2.45) is 4.99 Å². The quantitative estimate of drug-likeness (QED) is 0.505. The zero-order valence-corrected chi connectivity index (χ0v) is 6.46. The smallest absolute Gasteiger partial charge is 0.0864 e. The van der Waals surface area contributed by atoms with Crippen molar-refractivity contribution in [2.45, 2.75) is 17.7 Å². The van der Waals surface area contributed by atoms with Gasteiger partial charge in [0, 0.05) is 11.5 Å². The first-order valence-corrected chi connectivity index (χ1v) is 3.97. The van der Waals surface area contributed by atoms with E-state index in [1.54, 1.807) is 0 Å². The fourth-order valence-electron chi connectivity index (χ4n) is 1.38. The summed E-state index contributed by atoms with van der Waals surface area (Å²) in [6.07, 6.45) is 9.23. The molecule has 0 aromatic rings. The van der Waals surface area contributed by atoms with Crippen molar-refractivity contribution in [3.63, 3.8) is 0 Å². The molecular weight excluding hydrogens is 142 g/mol. The van der Waals surface area contributed by atoms with E-state index in [0.717, 1.165) is 6.42 Å². The molecule has 0 aromatic carbocycles. The van der Waals surface area contributed by atoms with E-state index in [4.69, 9.17) is 0 Å². The first kappa shape index (κ1) is 6.23. The number of thiol groups is 1. The SMILES string of the molecule is S[C@@H]1CC=C2C=CC=NC21. The molecular formula is C8H9NS. The zero-order chi connectivity index (χ0) is 6.97. The van der Waals surface area contributed by atoms with E-state index in [9.17, 15) is 0 Å². The standard InChI is InChI=1S/C8H9NS/c10-7-4-3-6-2-1-5-9-8(6)7/h1-3,5,7-8,10H,4H2/t7-,8?/m1/s1. The van der Waals surface area contributed by atoms with Crippen molar-refractivity contribution in [1.29, 1.82) is 0 Å². The molecule has 2 rings (SSSR count). The summed E-state index contributed by atoms with van der Waals surface area (Å²) in [6.45, 7) is 0. The molecule has 2 atom stereocenters. The molecule has 2 aliphatic rings. The Balaban J connectivity index is 2.30. The van der Waals surface area contributed by atoms with Crippen molar-refractivity contribution in [3.05, 3.63) is 23.8 Å². The first-order valence-electron chi connectivity index (χ1n) is 3.46. The Morgan fingerprint density at radius 3 is 3.30 bits per heavy atom. The summed E-state index contributed by atoms with van der Waals surface area (Å²) in [5.74, 6) is 0. The Morgan fingerprint density at radius 2 is 2.50 bits per heavy atom. The van der Waals surface area contributed by atoms with Crippen LogP contribution in [0.15, 0.2) is 28.8 Å². The van der Waals surface area contributed by atoms with Gasteiger partial charge in [-0.25, -0.2) is 0 Å². The number of dihydropyridines is 1. The lowest BCUT2D eigenvalue weighted by atomic mass is 10.1. The van der Waals surface area contributed by atoms with Gasteiger partial charge in [0.2, 0.25) is 0 Å². The summed E-state index contributed by atoms with van der Waals surface area (Å²) in [7, 11) is 0. The minimum Gasteiger partial charge on any atom is -0.284 e. The van der Waals surface area contributed by atoms with Gasteiger partial charge in [0.15, 0.2) is 0 Å². The predicted octanol–water partition coefficient (Wildman–Crippen LogP) is 1.62. The monoisotopic (exact) mass is 151 g/mol. The molecule has 1 heterocycles. The lowest BCUT2D eigenvalue weighted by Crippen LogP contribution is -2.16. The molecule has 0 bridgehead atoms. The van der Waals surface area contributed by atoms with Crippen LogP contribution in [0, 0.1) is 0 Å². The third-order valence-corrected chi connectivity index (χ3v) is 2.42. The van der Waals surface area contributed by atoms with Gasteiger partial charge in [-0.05, 0) is 18.1 Å². The summed E-state index contributed by atoms with van der Waals surface area (Å²) in [5, 5.41) is 0.413. The minimum absolute atomic E-state index is 0.341. The number of hydrogen-bond donors (Lipinski definition) is 1. The Kier molecular flexibility index (Phi) is 1.42. The van der Waals surface area contributed by atoms with Gasteiger partial charge in [0.05, 0.1) is 6.04 Å². The van der Waals surface area contributed by atoms with Crippen LogP contribution in [0.3, 0.4) is 0 Å². The summed E-state index contributed by atoms with van der Waals surface area (Å²) >= 11 is 4.41. The van der Waals surface area contributed by atoms with E-state index in [1.807, 2.05) is 12.3 Å². The summed E-state index contributed by atoms with van der Waals surface area (Å²) in [5.41, 5.74) is 1.34. The molecule has 52 valence electrons. The van der Waals surface area contributed by atoms with Crippen LogP contribution in [0.2, 0.25) is 0 Å². The first-order chi connectivity index (χ1) is 4.88. The predicted molar refractivity (Wildman–Crippen MR) is 46.9 cm³/mol. The third-order valence-electron chi connectivity index (χ3n) is 1.92. The number of fused-ring (bicyclic) bond motifs is 1. The average molecular weight is 151 g/mol. The van der Waals surface area contributed by atoms with Crippen LogP contribution in [0.5, 0.6) is 0 Å². The van der Waals surface area contributed by atoms with Crippen molar-refractivity contribution < 1.29 is 0 Å². The van der Waals surface area contributed by atoms with E-state index in [2.05, 4.69) is 29.8 Å². The van der Waals surface area contributed by atoms with Crippen LogP contribution in [-0.4, -0.2) is 17.5 Å². The Labute approximate surface area is 66.0 Å². The molecule has 1 unspecified atom stereocenters. The topological polar surface area (TPSA) is 12.4 Å². The highest BCUT2D eigenvalue weighted by molar-refractivity contribution is 7.81. The second-order valence-corrected chi connectivity index (χ2v) is 3.27. The molecule has 1 aliphatic heterocycles. The van der Waals surface area contributed by atoms with Crippen LogP contribution in [0.4, 0.5) is 0 Å². The molecule has 10 heavy (non-hydrogen) atoms. The van der Waals surface area contributed by atoms with Crippen LogP contribution in [0.1, 0.15) is 6.42 Å². The molecule has 1 aliphatic carbocycles. The highest BCUT2D eigenvalue weighted by atomic mass is 32.1. The highest BCUT2D eigenvalue weighted by Gasteiger charge is 2.25. The molecule has 0 spiro atoms. The molecule has 0 N–H and O–H groups in total. The summed E-state index contributed by atoms with van der Waals surface area (Å²) < 4.78 is 0. The largest absolute Gasteiger partial charge is 0.284 e. The maximum Gasteiger partial charge on any atom is 0.0864 e. The van der Waals surface area contributed by atoms with Crippen LogP contribution >= 0.6 is 12.6 Å². The highest BCUT2D eigenvalue weighted by Crippen LogP contribution is 2.28. The average Bonchev–Trinajstić information content (AvgIpc) is 2.34. The fraction of sp³-hybridized carbons (Fsp3) is 0.375. The lowest BCUT2D eigenvalue weighted by molar-refractivity contribution is 0.788. The second kappa shape index (κ2) is 2.27. The van der Waals surface area contributed by atoms with Gasteiger partial charge in [-0.3, -0.25) is 4.99 Å². The number of hydrogen-bond acceptors (Lipinski definition) is 2. The lowest BCUT2D eigenvalue weighted by Gasteiger charge is -2.13. The van der Waals surface area contributed by atoms with Gasteiger partial charge in [0.25, 0.3) is 0 Å². The van der Waals surface area contributed by atoms with Gasteiger partial charge in [0.1, 0.15) is 0 Å². The molecule has 0 aromatic heterocycles. The Morgan fingerprint density at radius 1 is 1.60 bits per heavy atom. The molecule has 0 radical (unpaired) electrons. The zero-order valence-electron chi connectivity index (χ0n) is 5.57. The summed E-state index contributed by atoms with van der Waals surface area (Å²) in [6, 6.07) is 0.341. The van der Waals surface area contributed by atoms with E-state index >= 15 is 0 Å². The van der Waals surface area contributed by atoms with Gasteiger partial charge in [-0.2, -0.15) is 12.6 Å². The Bertz CT molecular complexity index is 227. The number of rotatable bonds is 0. The second-order valence-electron chi connectivity index (χ2n) is 2.61. The van der Waals surface area contributed by atoms with Gasteiger partial charge in [-0.15, -0.1) is 0 Å². The number of aliphatic imine (C=N–C) groups is 1. The number of nitrogens with zero attached hydrogens (tertiary/aromatic N) is 1. The van der Waals surface area contributed by atoms with Gasteiger partial charge in [-0.1, -0.05) is 12.2 Å².